The van der Waals surface area contributed by atoms with Crippen LogP contribution in [-0.4, -0.2) is 23.9 Å². The van der Waals surface area contributed by atoms with Crippen LogP contribution in [0.5, 0.6) is 0 Å². The van der Waals surface area contributed by atoms with E-state index in [1.54, 1.807) is 13.0 Å². The monoisotopic (exact) mass is 339 g/mol. The van der Waals surface area contributed by atoms with Gasteiger partial charge in [0.1, 0.15) is 0 Å². The van der Waals surface area contributed by atoms with Crippen LogP contribution in [0.2, 0.25) is 0 Å². The third-order valence-corrected chi connectivity index (χ3v) is 4.59. The maximum Gasteiger partial charge on any atom is 0.272 e. The number of nitro groups is 1. The van der Waals surface area contributed by atoms with E-state index in [1.165, 1.54) is 30.7 Å². The normalized spacial score (nSPS) is 13.8. The first kappa shape index (κ1) is 17.0. The van der Waals surface area contributed by atoms with Crippen molar-refractivity contribution in [1.82, 2.24) is 0 Å². The van der Waals surface area contributed by atoms with Gasteiger partial charge in [0.2, 0.25) is 0 Å². The molecule has 2 aromatic carbocycles. The summed E-state index contributed by atoms with van der Waals surface area (Å²) in [6.07, 6.45) is 2.44. The van der Waals surface area contributed by atoms with Gasteiger partial charge in [-0.3, -0.25) is 14.9 Å². The number of amides is 1. The molecule has 6 heteroatoms. The third kappa shape index (κ3) is 3.63. The summed E-state index contributed by atoms with van der Waals surface area (Å²) in [4.78, 5) is 25.2. The Kier molecular flexibility index (Phi) is 4.70. The number of rotatable bonds is 4. The number of hydrogen-bond acceptors (Lipinski definition) is 4. The van der Waals surface area contributed by atoms with Gasteiger partial charge in [-0.05, 0) is 62.6 Å². The number of anilines is 2. The zero-order valence-corrected chi connectivity index (χ0v) is 14.4. The molecule has 1 heterocycles. The molecule has 0 aliphatic carbocycles. The van der Waals surface area contributed by atoms with Gasteiger partial charge in [0, 0.05) is 41.7 Å². The molecule has 0 bridgehead atoms. The van der Waals surface area contributed by atoms with Gasteiger partial charge >= 0.3 is 0 Å². The SMILES string of the molecule is Cc1cc(N2CCCC2)ccc1NC(=O)c1ccc([N+](=O)[O-])c(C)c1. The van der Waals surface area contributed by atoms with Crippen molar-refractivity contribution in [3.63, 3.8) is 0 Å². The fraction of sp³-hybridized carbons (Fsp3) is 0.316. The topological polar surface area (TPSA) is 75.5 Å². The van der Waals surface area contributed by atoms with Gasteiger partial charge < -0.3 is 10.2 Å². The van der Waals surface area contributed by atoms with Crippen LogP contribution in [0.15, 0.2) is 36.4 Å². The van der Waals surface area contributed by atoms with Gasteiger partial charge in [-0.2, -0.15) is 0 Å². The molecular formula is C19H21N3O3. The van der Waals surface area contributed by atoms with Gasteiger partial charge in [-0.1, -0.05) is 0 Å². The number of carbonyl (C=O) groups excluding carboxylic acids is 1. The van der Waals surface area contributed by atoms with Crippen molar-refractivity contribution < 1.29 is 9.72 Å². The number of nitro benzene ring substituents is 1. The second-order valence-corrected chi connectivity index (χ2v) is 6.41. The molecule has 6 nitrogen and oxygen atoms in total. The van der Waals surface area contributed by atoms with Crippen LogP contribution >= 0.6 is 0 Å². The first-order chi connectivity index (χ1) is 12.0. The highest BCUT2D eigenvalue weighted by Gasteiger charge is 2.16. The maximum absolute atomic E-state index is 12.4. The summed E-state index contributed by atoms with van der Waals surface area (Å²) in [6, 6.07) is 10.4. The summed E-state index contributed by atoms with van der Waals surface area (Å²) in [7, 11) is 0. The summed E-state index contributed by atoms with van der Waals surface area (Å²) < 4.78 is 0. The Morgan fingerprint density at radius 1 is 1.08 bits per heavy atom. The molecular weight excluding hydrogens is 318 g/mol. The molecule has 1 fully saturated rings. The van der Waals surface area contributed by atoms with E-state index in [0.717, 1.165) is 24.3 Å². The summed E-state index contributed by atoms with van der Waals surface area (Å²) in [6.45, 7) is 5.75. The number of aryl methyl sites for hydroxylation is 2. The van der Waals surface area contributed by atoms with Crippen molar-refractivity contribution in [3.8, 4) is 0 Å². The van der Waals surface area contributed by atoms with E-state index in [-0.39, 0.29) is 11.6 Å². The number of hydrogen-bond donors (Lipinski definition) is 1. The summed E-state index contributed by atoms with van der Waals surface area (Å²) in [5, 5.41) is 13.8. The Labute approximate surface area is 146 Å². The molecule has 25 heavy (non-hydrogen) atoms. The average molecular weight is 339 g/mol. The van der Waals surface area contributed by atoms with Crippen molar-refractivity contribution in [2.45, 2.75) is 26.7 Å². The van der Waals surface area contributed by atoms with Crippen molar-refractivity contribution in [2.24, 2.45) is 0 Å². The lowest BCUT2D eigenvalue weighted by atomic mass is 10.1. The Morgan fingerprint density at radius 3 is 2.40 bits per heavy atom. The van der Waals surface area contributed by atoms with Gasteiger partial charge in [-0.15, -0.1) is 0 Å². The van der Waals surface area contributed by atoms with Crippen LogP contribution in [0, 0.1) is 24.0 Å². The summed E-state index contributed by atoms with van der Waals surface area (Å²) >= 11 is 0. The Balaban J connectivity index is 1.76. The second-order valence-electron chi connectivity index (χ2n) is 6.41. The molecule has 0 saturated carbocycles. The van der Waals surface area contributed by atoms with Gasteiger partial charge in [-0.25, -0.2) is 0 Å². The fourth-order valence-electron chi connectivity index (χ4n) is 3.16. The molecule has 2 aromatic rings. The first-order valence-electron chi connectivity index (χ1n) is 8.38. The zero-order valence-electron chi connectivity index (χ0n) is 14.4. The number of nitrogens with zero attached hydrogens (tertiary/aromatic N) is 2. The highest BCUT2D eigenvalue weighted by Crippen LogP contribution is 2.26. The number of carbonyl (C=O) groups is 1. The van der Waals surface area contributed by atoms with Crippen LogP contribution < -0.4 is 10.2 Å². The zero-order chi connectivity index (χ0) is 18.0. The van der Waals surface area contributed by atoms with E-state index in [9.17, 15) is 14.9 Å². The molecule has 0 spiro atoms. The number of nitrogens with one attached hydrogen (secondary N) is 1. The molecule has 0 aromatic heterocycles. The van der Waals surface area contributed by atoms with Crippen LogP contribution in [-0.2, 0) is 0 Å². The fourth-order valence-corrected chi connectivity index (χ4v) is 3.16. The minimum absolute atomic E-state index is 0.0164. The third-order valence-electron chi connectivity index (χ3n) is 4.59. The van der Waals surface area contributed by atoms with E-state index in [0.29, 0.717) is 11.1 Å². The van der Waals surface area contributed by atoms with Crippen LogP contribution in [0.3, 0.4) is 0 Å². The van der Waals surface area contributed by atoms with Crippen LogP contribution in [0.1, 0.15) is 34.3 Å². The molecule has 0 unspecified atom stereocenters. The maximum atomic E-state index is 12.4. The lowest BCUT2D eigenvalue weighted by Gasteiger charge is -2.19. The Hall–Kier alpha value is -2.89. The molecule has 1 amide bonds. The summed E-state index contributed by atoms with van der Waals surface area (Å²) in [5.74, 6) is -0.268. The first-order valence-corrected chi connectivity index (χ1v) is 8.38. The van der Waals surface area contributed by atoms with Gasteiger partial charge in [0.15, 0.2) is 0 Å². The molecule has 1 aliphatic rings. The Bertz CT molecular complexity index is 827. The minimum atomic E-state index is -0.446. The van der Waals surface area contributed by atoms with E-state index < -0.39 is 4.92 Å². The highest BCUT2D eigenvalue weighted by molar-refractivity contribution is 6.05. The van der Waals surface area contributed by atoms with E-state index in [2.05, 4.69) is 16.3 Å². The van der Waals surface area contributed by atoms with Crippen molar-refractivity contribution in [2.75, 3.05) is 23.3 Å². The molecule has 0 radical (unpaired) electrons. The van der Waals surface area contributed by atoms with Crippen LogP contribution in [0.25, 0.3) is 0 Å². The highest BCUT2D eigenvalue weighted by atomic mass is 16.6. The van der Waals surface area contributed by atoms with Crippen molar-refractivity contribution >= 4 is 23.0 Å². The summed E-state index contributed by atoms with van der Waals surface area (Å²) in [5.41, 5.74) is 3.83. The van der Waals surface area contributed by atoms with Crippen molar-refractivity contribution in [3.05, 3.63) is 63.2 Å². The van der Waals surface area contributed by atoms with Crippen LogP contribution in [0.4, 0.5) is 17.1 Å². The smallest absolute Gasteiger partial charge is 0.272 e. The molecule has 1 saturated heterocycles. The minimum Gasteiger partial charge on any atom is -0.372 e. The predicted molar refractivity (Wildman–Crippen MR) is 98.4 cm³/mol. The van der Waals surface area contributed by atoms with E-state index in [1.807, 2.05) is 19.1 Å². The van der Waals surface area contributed by atoms with Gasteiger partial charge in [0.05, 0.1) is 4.92 Å². The van der Waals surface area contributed by atoms with E-state index in [4.69, 9.17) is 0 Å². The quantitative estimate of drug-likeness (QED) is 0.673. The molecule has 0 atom stereocenters. The molecule has 130 valence electrons. The van der Waals surface area contributed by atoms with E-state index >= 15 is 0 Å². The predicted octanol–water partition coefficient (Wildman–Crippen LogP) is 4.06. The Morgan fingerprint density at radius 2 is 1.80 bits per heavy atom. The number of benzene rings is 2. The lowest BCUT2D eigenvalue weighted by Crippen LogP contribution is -2.18. The molecule has 1 N–H and O–H groups in total. The van der Waals surface area contributed by atoms with Gasteiger partial charge in [0.25, 0.3) is 11.6 Å². The largest absolute Gasteiger partial charge is 0.372 e. The lowest BCUT2D eigenvalue weighted by molar-refractivity contribution is -0.385. The second kappa shape index (κ2) is 6.93. The molecule has 3 rings (SSSR count). The van der Waals surface area contributed by atoms with Crippen molar-refractivity contribution in [1.29, 1.82) is 0 Å². The molecule has 1 aliphatic heterocycles. The average Bonchev–Trinajstić information content (AvgIpc) is 3.10. The standard InChI is InChI=1S/C19H21N3O3/c1-13-12-16(21-9-3-4-10-21)6-7-17(13)20-19(23)15-5-8-18(22(24)25)14(2)11-15/h5-8,11-12H,3-4,9-10H2,1-2H3,(H,20,23).